The fraction of sp³-hybridized carbons (Fsp3) is 0.214. The van der Waals surface area contributed by atoms with Crippen LogP contribution in [0.5, 0.6) is 5.75 Å². The van der Waals surface area contributed by atoms with Gasteiger partial charge in [0.2, 0.25) is 0 Å². The first-order valence-corrected chi connectivity index (χ1v) is 6.69. The van der Waals surface area contributed by atoms with Gasteiger partial charge in [-0.05, 0) is 35.0 Å². The van der Waals surface area contributed by atoms with E-state index >= 15 is 0 Å². The predicted molar refractivity (Wildman–Crippen MR) is 79.7 cm³/mol. The molecular weight excluding hydrogens is 308 g/mol. The van der Waals surface area contributed by atoms with Crippen molar-refractivity contribution in [3.8, 4) is 5.75 Å². The smallest absolute Gasteiger partial charge is 0.145 e. The van der Waals surface area contributed by atoms with Gasteiger partial charge < -0.3 is 15.7 Å². The Hall–Kier alpha value is -1.75. The minimum Gasteiger partial charge on any atom is -0.493 e. The van der Waals surface area contributed by atoms with Crippen molar-refractivity contribution in [1.29, 1.82) is 0 Å². The summed E-state index contributed by atoms with van der Waals surface area (Å²) in [5.74, 6) is 0.808. The Kier molecular flexibility index (Phi) is 4.27. The monoisotopic (exact) mass is 322 g/mol. The lowest BCUT2D eigenvalue weighted by atomic mass is 10.1. The highest BCUT2D eigenvalue weighted by molar-refractivity contribution is 9.10. The molecule has 0 radical (unpaired) electrons. The van der Waals surface area contributed by atoms with Crippen LogP contribution in [0, 0.1) is 5.92 Å². The Morgan fingerprint density at radius 3 is 2.74 bits per heavy atom. The van der Waals surface area contributed by atoms with E-state index in [1.165, 1.54) is 0 Å². The van der Waals surface area contributed by atoms with E-state index in [1.54, 1.807) is 0 Å². The third-order valence-electron chi connectivity index (χ3n) is 2.89. The summed E-state index contributed by atoms with van der Waals surface area (Å²) in [6, 6.07) is 12.0. The van der Waals surface area contributed by atoms with Crippen molar-refractivity contribution in [1.82, 2.24) is 0 Å². The van der Waals surface area contributed by atoms with Gasteiger partial charge in [0.1, 0.15) is 11.6 Å². The number of amidine groups is 1. The normalized spacial score (nSPS) is 13.5. The van der Waals surface area contributed by atoms with E-state index in [2.05, 4.69) is 27.2 Å². The highest BCUT2D eigenvalue weighted by Crippen LogP contribution is 2.24. The molecule has 19 heavy (non-hydrogen) atoms. The number of hydrogen-bond donors (Lipinski definition) is 2. The number of nitrogens with two attached hydrogens (primary N) is 1. The maximum absolute atomic E-state index is 8.57. The van der Waals surface area contributed by atoms with Crippen molar-refractivity contribution in [3.63, 3.8) is 0 Å². The van der Waals surface area contributed by atoms with Gasteiger partial charge in [0.25, 0.3) is 0 Å². The van der Waals surface area contributed by atoms with E-state index in [-0.39, 0.29) is 11.8 Å². The van der Waals surface area contributed by atoms with Gasteiger partial charge in [0.15, 0.2) is 0 Å². The second-order valence-electron chi connectivity index (χ2n) is 4.39. The number of hydrogen-bond acceptors (Lipinski definition) is 3. The van der Waals surface area contributed by atoms with E-state index in [0.717, 1.165) is 21.0 Å². The van der Waals surface area contributed by atoms with E-state index < -0.39 is 0 Å². The lowest BCUT2D eigenvalue weighted by molar-refractivity contribution is 0.279. The topological polar surface area (TPSA) is 67.8 Å². The quantitative estimate of drug-likeness (QED) is 0.392. The fourth-order valence-corrected chi connectivity index (χ4v) is 2.07. The highest BCUT2D eigenvalue weighted by Gasteiger charge is 2.08. The number of benzene rings is 2. The van der Waals surface area contributed by atoms with Crippen molar-refractivity contribution in [2.45, 2.75) is 6.92 Å². The molecule has 4 nitrogen and oxygen atoms in total. The summed E-state index contributed by atoms with van der Waals surface area (Å²) in [4.78, 5) is 0. The number of rotatable bonds is 4. The molecule has 0 fully saturated rings. The molecule has 2 aromatic carbocycles. The number of halogens is 1. The zero-order valence-corrected chi connectivity index (χ0v) is 12.1. The molecule has 0 aliphatic carbocycles. The van der Waals surface area contributed by atoms with E-state index in [0.29, 0.717) is 6.61 Å². The van der Waals surface area contributed by atoms with Crippen molar-refractivity contribution in [3.05, 3.63) is 40.9 Å². The molecule has 0 heterocycles. The van der Waals surface area contributed by atoms with Crippen LogP contribution >= 0.6 is 15.9 Å². The van der Waals surface area contributed by atoms with Crippen LogP contribution in [0.15, 0.2) is 46.0 Å². The maximum Gasteiger partial charge on any atom is 0.145 e. The molecule has 0 aliphatic heterocycles. The highest BCUT2D eigenvalue weighted by atomic mass is 79.9. The van der Waals surface area contributed by atoms with Crippen LogP contribution < -0.4 is 10.5 Å². The minimum atomic E-state index is -0.134. The Labute approximate surface area is 120 Å². The van der Waals surface area contributed by atoms with Gasteiger partial charge in [-0.1, -0.05) is 40.1 Å². The maximum atomic E-state index is 8.57. The summed E-state index contributed by atoms with van der Waals surface area (Å²) >= 11 is 3.44. The Bertz CT molecular complexity index is 613. The van der Waals surface area contributed by atoms with Crippen LogP contribution in [0.3, 0.4) is 0 Å². The molecule has 0 amide bonds. The molecule has 1 atom stereocenters. The van der Waals surface area contributed by atoms with Crippen molar-refractivity contribution >= 4 is 32.5 Å². The van der Waals surface area contributed by atoms with Crippen molar-refractivity contribution in [2.24, 2.45) is 16.8 Å². The molecule has 100 valence electrons. The summed E-state index contributed by atoms with van der Waals surface area (Å²) in [6.07, 6.45) is 0. The third-order valence-corrected chi connectivity index (χ3v) is 3.39. The molecule has 0 saturated heterocycles. The lowest BCUT2D eigenvalue weighted by Crippen LogP contribution is -2.26. The average Bonchev–Trinajstić information content (AvgIpc) is 2.43. The van der Waals surface area contributed by atoms with E-state index in [9.17, 15) is 0 Å². The summed E-state index contributed by atoms with van der Waals surface area (Å²) in [5, 5.41) is 13.8. The molecule has 2 aromatic rings. The van der Waals surface area contributed by atoms with Gasteiger partial charge in [-0.25, -0.2) is 0 Å². The van der Waals surface area contributed by atoms with Crippen LogP contribution in [0.1, 0.15) is 6.92 Å². The molecule has 0 saturated carbocycles. The van der Waals surface area contributed by atoms with Gasteiger partial charge in [0, 0.05) is 4.47 Å². The molecule has 0 aromatic heterocycles. The van der Waals surface area contributed by atoms with E-state index in [4.69, 9.17) is 15.7 Å². The van der Waals surface area contributed by atoms with Crippen LogP contribution in [0.2, 0.25) is 0 Å². The summed E-state index contributed by atoms with van der Waals surface area (Å²) in [7, 11) is 0. The standard InChI is InChI=1S/C14H15BrN2O2/c1-9(14(16)17-18)8-19-13-5-3-10-6-12(15)4-2-11(10)7-13/h2-7,9,18H,8H2,1H3,(H2,16,17). The molecule has 0 spiro atoms. The Morgan fingerprint density at radius 2 is 2.00 bits per heavy atom. The van der Waals surface area contributed by atoms with Crippen LogP contribution in [-0.4, -0.2) is 17.6 Å². The molecule has 0 aliphatic rings. The molecule has 3 N–H and O–H groups in total. The first-order valence-electron chi connectivity index (χ1n) is 5.89. The van der Waals surface area contributed by atoms with Gasteiger partial charge in [-0.15, -0.1) is 0 Å². The summed E-state index contributed by atoms with van der Waals surface area (Å²) in [6.45, 7) is 2.21. The minimum absolute atomic E-state index is 0.134. The fourth-order valence-electron chi connectivity index (χ4n) is 1.69. The molecule has 0 bridgehead atoms. The van der Waals surface area contributed by atoms with Gasteiger partial charge in [-0.2, -0.15) is 0 Å². The lowest BCUT2D eigenvalue weighted by Gasteiger charge is -2.12. The van der Waals surface area contributed by atoms with Gasteiger partial charge in [0.05, 0.1) is 12.5 Å². The SMILES string of the molecule is CC(COc1ccc2cc(Br)ccc2c1)/C(N)=N/O. The van der Waals surface area contributed by atoms with Gasteiger partial charge in [-0.3, -0.25) is 0 Å². The zero-order chi connectivity index (χ0) is 13.8. The molecular formula is C14H15BrN2O2. The van der Waals surface area contributed by atoms with Crippen molar-refractivity contribution in [2.75, 3.05) is 6.61 Å². The third kappa shape index (κ3) is 3.38. The number of fused-ring (bicyclic) bond motifs is 1. The largest absolute Gasteiger partial charge is 0.493 e. The zero-order valence-electron chi connectivity index (χ0n) is 10.5. The average molecular weight is 323 g/mol. The first-order chi connectivity index (χ1) is 9.10. The number of ether oxygens (including phenoxy) is 1. The number of oxime groups is 1. The predicted octanol–water partition coefficient (Wildman–Crippen LogP) is 3.36. The van der Waals surface area contributed by atoms with Crippen LogP contribution in [-0.2, 0) is 0 Å². The first kappa shape index (κ1) is 13.7. The van der Waals surface area contributed by atoms with Crippen LogP contribution in [0.4, 0.5) is 0 Å². The Morgan fingerprint density at radius 1 is 1.32 bits per heavy atom. The van der Waals surface area contributed by atoms with Crippen LogP contribution in [0.25, 0.3) is 10.8 Å². The summed E-state index contributed by atoms with van der Waals surface area (Å²) in [5.41, 5.74) is 5.50. The second-order valence-corrected chi connectivity index (χ2v) is 5.31. The van der Waals surface area contributed by atoms with Crippen molar-refractivity contribution < 1.29 is 9.94 Å². The second kappa shape index (κ2) is 5.93. The molecule has 5 heteroatoms. The Balaban J connectivity index is 2.12. The summed E-state index contributed by atoms with van der Waals surface area (Å²) < 4.78 is 6.70. The van der Waals surface area contributed by atoms with E-state index in [1.807, 2.05) is 37.3 Å². The molecule has 2 rings (SSSR count). The number of nitrogens with zero attached hydrogens (tertiary/aromatic N) is 1. The molecule has 1 unspecified atom stereocenters. The van der Waals surface area contributed by atoms with Gasteiger partial charge >= 0.3 is 0 Å².